The van der Waals surface area contributed by atoms with Crippen LogP contribution >= 0.6 is 0 Å². The zero-order valence-corrected chi connectivity index (χ0v) is 17.8. The summed E-state index contributed by atoms with van der Waals surface area (Å²) in [6.07, 6.45) is 1.35. The molecule has 0 saturated heterocycles. The van der Waals surface area contributed by atoms with E-state index in [1.807, 2.05) is 33.8 Å². The molecule has 27 heavy (non-hydrogen) atoms. The molecule has 0 aliphatic carbocycles. The molecule has 0 heterocycles. The first-order chi connectivity index (χ1) is 12.4. The first-order valence-electron chi connectivity index (χ1n) is 9.69. The Balaban J connectivity index is 2.86. The van der Waals surface area contributed by atoms with Gasteiger partial charge in [-0.3, -0.25) is 0 Å². The van der Waals surface area contributed by atoms with Gasteiger partial charge in [0.1, 0.15) is 5.60 Å². The second-order valence-electron chi connectivity index (χ2n) is 8.86. The third kappa shape index (κ3) is 8.46. The molecule has 1 unspecified atom stereocenters. The number of carboxylic acid groups (broad SMARTS) is 1. The van der Waals surface area contributed by atoms with Gasteiger partial charge >= 0.3 is 12.1 Å². The average molecular weight is 378 g/mol. The fourth-order valence-corrected chi connectivity index (χ4v) is 2.84. The number of benzene rings is 1. The largest absolute Gasteiger partial charge is 0.478 e. The highest BCUT2D eigenvalue weighted by molar-refractivity contribution is 5.87. The van der Waals surface area contributed by atoms with Crippen molar-refractivity contribution in [2.75, 3.05) is 13.1 Å². The summed E-state index contributed by atoms with van der Waals surface area (Å²) in [5.74, 6) is -0.233. The molecule has 1 N–H and O–H groups in total. The van der Waals surface area contributed by atoms with E-state index in [0.29, 0.717) is 31.0 Å². The highest BCUT2D eigenvalue weighted by Crippen LogP contribution is 2.19. The molecule has 1 atom stereocenters. The zero-order chi connectivity index (χ0) is 20.8. The van der Waals surface area contributed by atoms with E-state index in [0.717, 1.165) is 17.5 Å². The van der Waals surface area contributed by atoms with E-state index in [1.165, 1.54) is 0 Å². The number of ether oxygens (including phenoxy) is 1. The molecule has 0 aliphatic heterocycles. The maximum atomic E-state index is 12.6. The third-order valence-electron chi connectivity index (χ3n) is 4.32. The van der Waals surface area contributed by atoms with Crippen molar-refractivity contribution in [1.82, 2.24) is 4.90 Å². The second kappa shape index (κ2) is 9.77. The summed E-state index contributed by atoms with van der Waals surface area (Å²) in [6.45, 7) is 15.2. The summed E-state index contributed by atoms with van der Waals surface area (Å²) >= 11 is 0. The number of carbonyl (C=O) groups is 2. The molecule has 0 bridgehead atoms. The van der Waals surface area contributed by atoms with E-state index < -0.39 is 11.6 Å². The number of rotatable bonds is 8. The third-order valence-corrected chi connectivity index (χ3v) is 4.32. The Labute approximate surface area is 163 Å². The van der Waals surface area contributed by atoms with Crippen molar-refractivity contribution in [3.63, 3.8) is 0 Å². The molecule has 1 amide bonds. The maximum Gasteiger partial charge on any atom is 0.410 e. The quantitative estimate of drug-likeness (QED) is 0.680. The molecule has 0 spiro atoms. The lowest BCUT2D eigenvalue weighted by Crippen LogP contribution is -2.40. The van der Waals surface area contributed by atoms with Crippen LogP contribution in [0.3, 0.4) is 0 Å². The summed E-state index contributed by atoms with van der Waals surface area (Å²) in [5.41, 5.74) is 1.85. The summed E-state index contributed by atoms with van der Waals surface area (Å²) in [4.78, 5) is 25.6. The van der Waals surface area contributed by atoms with Gasteiger partial charge < -0.3 is 14.7 Å². The monoisotopic (exact) mass is 377 g/mol. The molecular weight excluding hydrogens is 342 g/mol. The predicted octanol–water partition coefficient (Wildman–Crippen LogP) is 5.16. The Hall–Kier alpha value is -2.04. The number of nitrogens with zero attached hydrogens (tertiary/aromatic N) is 1. The minimum absolute atomic E-state index is 0.187. The fourth-order valence-electron chi connectivity index (χ4n) is 2.84. The van der Waals surface area contributed by atoms with Crippen LogP contribution < -0.4 is 0 Å². The van der Waals surface area contributed by atoms with Crippen molar-refractivity contribution in [2.45, 2.75) is 66.9 Å². The van der Waals surface area contributed by atoms with E-state index >= 15 is 0 Å². The van der Waals surface area contributed by atoms with Crippen LogP contribution in [0.15, 0.2) is 18.2 Å². The normalized spacial score (nSPS) is 12.7. The van der Waals surface area contributed by atoms with Crippen LogP contribution in [-0.2, 0) is 11.2 Å². The van der Waals surface area contributed by atoms with Crippen molar-refractivity contribution in [3.05, 3.63) is 34.9 Å². The standard InChI is InChI=1S/C22H35NO4/c1-15(2)10-11-23(21(26)27-22(5,6)7)14-16(3)12-19-13-18(20(24)25)9-8-17(19)4/h8-9,13,15-16H,10-12,14H2,1-7H3,(H,24,25). The van der Waals surface area contributed by atoms with Crippen LogP contribution in [0.25, 0.3) is 0 Å². The molecular formula is C22H35NO4. The van der Waals surface area contributed by atoms with Gasteiger partial charge in [0.2, 0.25) is 0 Å². The molecule has 0 aromatic heterocycles. The Bertz CT molecular complexity index is 646. The lowest BCUT2D eigenvalue weighted by molar-refractivity contribution is 0.0216. The molecule has 152 valence electrons. The minimum Gasteiger partial charge on any atom is -0.478 e. The van der Waals surface area contributed by atoms with E-state index in [1.54, 1.807) is 17.0 Å². The predicted molar refractivity (Wildman–Crippen MR) is 108 cm³/mol. The van der Waals surface area contributed by atoms with Crippen molar-refractivity contribution < 1.29 is 19.4 Å². The molecule has 0 radical (unpaired) electrons. The SMILES string of the molecule is Cc1ccc(C(=O)O)cc1CC(C)CN(CCC(C)C)C(=O)OC(C)(C)C. The van der Waals surface area contributed by atoms with Gasteiger partial charge in [0, 0.05) is 13.1 Å². The van der Waals surface area contributed by atoms with E-state index in [9.17, 15) is 14.7 Å². The number of hydrogen-bond donors (Lipinski definition) is 1. The van der Waals surface area contributed by atoms with E-state index in [-0.39, 0.29) is 12.0 Å². The lowest BCUT2D eigenvalue weighted by atomic mass is 9.95. The van der Waals surface area contributed by atoms with Crippen LogP contribution in [-0.4, -0.2) is 40.8 Å². The highest BCUT2D eigenvalue weighted by Gasteiger charge is 2.24. The van der Waals surface area contributed by atoms with Crippen molar-refractivity contribution in [2.24, 2.45) is 11.8 Å². The first-order valence-corrected chi connectivity index (χ1v) is 9.69. The van der Waals surface area contributed by atoms with Gasteiger partial charge in [-0.2, -0.15) is 0 Å². The maximum absolute atomic E-state index is 12.6. The van der Waals surface area contributed by atoms with Gasteiger partial charge in [0.25, 0.3) is 0 Å². The van der Waals surface area contributed by atoms with Crippen LogP contribution in [0, 0.1) is 18.8 Å². The van der Waals surface area contributed by atoms with Gasteiger partial charge in [-0.05, 0) is 75.6 Å². The smallest absolute Gasteiger partial charge is 0.410 e. The molecule has 0 fully saturated rings. The van der Waals surface area contributed by atoms with Gasteiger partial charge in [-0.15, -0.1) is 0 Å². The molecule has 1 rings (SSSR count). The minimum atomic E-state index is -0.920. The number of carboxylic acids is 1. The van der Waals surface area contributed by atoms with Crippen LogP contribution in [0.2, 0.25) is 0 Å². The lowest BCUT2D eigenvalue weighted by Gasteiger charge is -2.30. The van der Waals surface area contributed by atoms with Crippen LogP contribution in [0.1, 0.15) is 69.4 Å². The fraction of sp³-hybridized carbons (Fsp3) is 0.636. The number of aryl methyl sites for hydroxylation is 1. The van der Waals surface area contributed by atoms with Gasteiger partial charge in [0.15, 0.2) is 0 Å². The number of aromatic carboxylic acids is 1. The van der Waals surface area contributed by atoms with Crippen LogP contribution in [0.4, 0.5) is 4.79 Å². The molecule has 1 aromatic carbocycles. The summed E-state index contributed by atoms with van der Waals surface area (Å²) < 4.78 is 5.57. The van der Waals surface area contributed by atoms with Crippen molar-refractivity contribution in [3.8, 4) is 0 Å². The molecule has 0 saturated carbocycles. The topological polar surface area (TPSA) is 66.8 Å². The van der Waals surface area contributed by atoms with Gasteiger partial charge in [-0.25, -0.2) is 9.59 Å². The summed E-state index contributed by atoms with van der Waals surface area (Å²) in [7, 11) is 0. The summed E-state index contributed by atoms with van der Waals surface area (Å²) in [5, 5.41) is 9.21. The Morgan fingerprint density at radius 1 is 1.19 bits per heavy atom. The molecule has 1 aromatic rings. The molecule has 0 aliphatic rings. The van der Waals surface area contributed by atoms with Gasteiger partial charge in [-0.1, -0.05) is 26.8 Å². The van der Waals surface area contributed by atoms with E-state index in [2.05, 4.69) is 20.8 Å². The highest BCUT2D eigenvalue weighted by atomic mass is 16.6. The number of amides is 1. The zero-order valence-electron chi connectivity index (χ0n) is 17.8. The van der Waals surface area contributed by atoms with Crippen LogP contribution in [0.5, 0.6) is 0 Å². The number of carbonyl (C=O) groups excluding carboxylic acids is 1. The molecule has 5 heteroatoms. The average Bonchev–Trinajstić information content (AvgIpc) is 2.51. The van der Waals surface area contributed by atoms with Crippen molar-refractivity contribution in [1.29, 1.82) is 0 Å². The Morgan fingerprint density at radius 3 is 2.33 bits per heavy atom. The van der Waals surface area contributed by atoms with Gasteiger partial charge in [0.05, 0.1) is 5.56 Å². The van der Waals surface area contributed by atoms with Crippen molar-refractivity contribution >= 4 is 12.1 Å². The molecule has 5 nitrogen and oxygen atoms in total. The Kier molecular flexibility index (Phi) is 8.32. The summed E-state index contributed by atoms with van der Waals surface area (Å²) in [6, 6.07) is 5.21. The number of hydrogen-bond acceptors (Lipinski definition) is 3. The van der Waals surface area contributed by atoms with E-state index in [4.69, 9.17) is 4.74 Å². The second-order valence-corrected chi connectivity index (χ2v) is 8.86. The first kappa shape index (κ1) is 23.0. The Morgan fingerprint density at radius 2 is 1.81 bits per heavy atom.